The number of carbonyl (C=O) groups is 3. The highest BCUT2D eigenvalue weighted by atomic mass is 35.5. The van der Waals surface area contributed by atoms with E-state index >= 15 is 0 Å². The molecule has 0 unspecified atom stereocenters. The summed E-state index contributed by atoms with van der Waals surface area (Å²) in [5, 5.41) is 5.68. The Morgan fingerprint density at radius 1 is 0.957 bits per heavy atom. The molecule has 1 aliphatic heterocycles. The van der Waals surface area contributed by atoms with Crippen molar-refractivity contribution in [3.8, 4) is 0 Å². The van der Waals surface area contributed by atoms with Crippen LogP contribution >= 0.6 is 23.2 Å². The lowest BCUT2D eigenvalue weighted by atomic mass is 10.1. The first-order valence-corrected chi connectivity index (χ1v) is 7.43. The van der Waals surface area contributed by atoms with Crippen LogP contribution in [0.1, 0.15) is 26.3 Å². The zero-order valence-electron chi connectivity index (χ0n) is 11.7. The van der Waals surface area contributed by atoms with E-state index in [0.717, 1.165) is 0 Å². The fourth-order valence-electron chi connectivity index (χ4n) is 2.29. The van der Waals surface area contributed by atoms with Gasteiger partial charge in [-0.05, 0) is 35.9 Å². The number of hydrogen-bond donors (Lipinski definition) is 2. The normalized spacial score (nSPS) is 12.8. The quantitative estimate of drug-likeness (QED) is 0.837. The molecule has 0 spiro atoms. The van der Waals surface area contributed by atoms with E-state index in [-0.39, 0.29) is 17.9 Å². The van der Waals surface area contributed by atoms with Gasteiger partial charge in [-0.1, -0.05) is 29.3 Å². The molecule has 23 heavy (non-hydrogen) atoms. The number of amides is 3. The van der Waals surface area contributed by atoms with Crippen molar-refractivity contribution in [1.82, 2.24) is 5.32 Å². The number of halogens is 2. The summed E-state index contributed by atoms with van der Waals surface area (Å²) in [4.78, 5) is 35.1. The molecule has 1 aliphatic rings. The van der Waals surface area contributed by atoms with Crippen LogP contribution in [-0.4, -0.2) is 17.7 Å². The average Bonchev–Trinajstić information content (AvgIpc) is 2.77. The molecule has 3 rings (SSSR count). The number of fused-ring (bicyclic) bond motifs is 1. The Balaban J connectivity index is 1.73. The van der Waals surface area contributed by atoms with Gasteiger partial charge in [0.1, 0.15) is 0 Å². The van der Waals surface area contributed by atoms with Gasteiger partial charge in [0.25, 0.3) is 11.8 Å². The molecule has 1 heterocycles. The molecular weight excluding hydrogens is 339 g/mol. The molecule has 0 aromatic heterocycles. The first-order valence-electron chi connectivity index (χ1n) is 6.67. The monoisotopic (exact) mass is 348 g/mol. The number of rotatable bonds is 3. The Labute approximate surface area is 141 Å². The zero-order chi connectivity index (χ0) is 16.6. The minimum atomic E-state index is -0.467. The van der Waals surface area contributed by atoms with Gasteiger partial charge >= 0.3 is 0 Å². The SMILES string of the molecule is O=C(Cc1ccc(Cl)c(Cl)c1)Nc1ccc2c(c1)C(=O)NC2=O. The van der Waals surface area contributed by atoms with Crippen LogP contribution in [0, 0.1) is 0 Å². The molecule has 0 fully saturated rings. The number of carbonyl (C=O) groups excluding carboxylic acids is 3. The molecule has 0 bridgehead atoms. The van der Waals surface area contributed by atoms with Crippen molar-refractivity contribution in [3.05, 3.63) is 63.1 Å². The highest BCUT2D eigenvalue weighted by Crippen LogP contribution is 2.23. The molecule has 0 radical (unpaired) electrons. The molecule has 0 saturated carbocycles. The second kappa shape index (κ2) is 6.02. The average molecular weight is 349 g/mol. The summed E-state index contributed by atoms with van der Waals surface area (Å²) < 4.78 is 0. The number of anilines is 1. The van der Waals surface area contributed by atoms with E-state index in [1.807, 2.05) is 0 Å². The lowest BCUT2D eigenvalue weighted by Gasteiger charge is -2.07. The van der Waals surface area contributed by atoms with Gasteiger partial charge in [0, 0.05) is 5.69 Å². The molecular formula is C16H10Cl2N2O3. The number of hydrogen-bond acceptors (Lipinski definition) is 3. The Hall–Kier alpha value is -2.37. The van der Waals surface area contributed by atoms with Crippen molar-refractivity contribution in [3.63, 3.8) is 0 Å². The van der Waals surface area contributed by atoms with Gasteiger partial charge in [0.15, 0.2) is 0 Å². The third-order valence-corrected chi connectivity index (χ3v) is 4.11. The van der Waals surface area contributed by atoms with Crippen LogP contribution in [0.2, 0.25) is 10.0 Å². The second-order valence-electron chi connectivity index (χ2n) is 5.02. The zero-order valence-corrected chi connectivity index (χ0v) is 13.2. The molecule has 116 valence electrons. The van der Waals surface area contributed by atoms with Gasteiger partial charge in [-0.3, -0.25) is 19.7 Å². The van der Waals surface area contributed by atoms with Crippen molar-refractivity contribution in [2.45, 2.75) is 6.42 Å². The van der Waals surface area contributed by atoms with E-state index in [4.69, 9.17) is 23.2 Å². The Morgan fingerprint density at radius 2 is 1.70 bits per heavy atom. The van der Waals surface area contributed by atoms with E-state index in [9.17, 15) is 14.4 Å². The van der Waals surface area contributed by atoms with Gasteiger partial charge in [-0.15, -0.1) is 0 Å². The van der Waals surface area contributed by atoms with Crippen molar-refractivity contribution in [2.75, 3.05) is 5.32 Å². The Bertz CT molecular complexity index is 849. The molecule has 2 aromatic rings. The van der Waals surface area contributed by atoms with Crippen LogP contribution in [0.3, 0.4) is 0 Å². The molecule has 3 amide bonds. The summed E-state index contributed by atoms with van der Waals surface area (Å²) in [5.41, 5.74) is 1.71. The topological polar surface area (TPSA) is 75.3 Å². The molecule has 2 N–H and O–H groups in total. The molecule has 0 saturated heterocycles. The van der Waals surface area contributed by atoms with E-state index in [1.165, 1.54) is 12.1 Å². The predicted octanol–water partition coefficient (Wildman–Crippen LogP) is 3.06. The molecule has 7 heteroatoms. The number of benzene rings is 2. The van der Waals surface area contributed by atoms with E-state index in [2.05, 4.69) is 10.6 Å². The summed E-state index contributed by atoms with van der Waals surface area (Å²) >= 11 is 11.7. The van der Waals surface area contributed by atoms with Gasteiger partial charge in [-0.2, -0.15) is 0 Å². The molecule has 0 atom stereocenters. The lowest BCUT2D eigenvalue weighted by Crippen LogP contribution is -2.19. The number of imide groups is 1. The van der Waals surface area contributed by atoms with Crippen molar-refractivity contribution in [1.29, 1.82) is 0 Å². The second-order valence-corrected chi connectivity index (χ2v) is 5.83. The van der Waals surface area contributed by atoms with E-state index in [0.29, 0.717) is 26.9 Å². The van der Waals surface area contributed by atoms with Crippen LogP contribution in [0.5, 0.6) is 0 Å². The fraction of sp³-hybridized carbons (Fsp3) is 0.0625. The lowest BCUT2D eigenvalue weighted by molar-refractivity contribution is -0.115. The first-order chi connectivity index (χ1) is 10.9. The summed E-state index contributed by atoms with van der Waals surface area (Å²) in [5.74, 6) is -1.17. The fourth-order valence-corrected chi connectivity index (χ4v) is 2.61. The van der Waals surface area contributed by atoms with Gasteiger partial charge in [-0.25, -0.2) is 0 Å². The minimum Gasteiger partial charge on any atom is -0.326 e. The third kappa shape index (κ3) is 3.21. The van der Waals surface area contributed by atoms with E-state index in [1.54, 1.807) is 24.3 Å². The Morgan fingerprint density at radius 3 is 2.43 bits per heavy atom. The number of nitrogens with one attached hydrogen (secondary N) is 2. The maximum atomic E-state index is 12.1. The van der Waals surface area contributed by atoms with Gasteiger partial charge in [0.2, 0.25) is 5.91 Å². The molecule has 0 aliphatic carbocycles. The third-order valence-electron chi connectivity index (χ3n) is 3.37. The highest BCUT2D eigenvalue weighted by Gasteiger charge is 2.26. The van der Waals surface area contributed by atoms with Crippen molar-refractivity contribution < 1.29 is 14.4 Å². The van der Waals surface area contributed by atoms with Crippen molar-refractivity contribution >= 4 is 46.6 Å². The smallest absolute Gasteiger partial charge is 0.259 e. The highest BCUT2D eigenvalue weighted by molar-refractivity contribution is 6.42. The molecule has 5 nitrogen and oxygen atoms in total. The molecule has 2 aromatic carbocycles. The maximum absolute atomic E-state index is 12.1. The van der Waals surface area contributed by atoms with Crippen LogP contribution < -0.4 is 10.6 Å². The first kappa shape index (κ1) is 15.5. The van der Waals surface area contributed by atoms with Crippen LogP contribution in [0.4, 0.5) is 5.69 Å². The largest absolute Gasteiger partial charge is 0.326 e. The van der Waals surface area contributed by atoms with Crippen molar-refractivity contribution in [2.24, 2.45) is 0 Å². The summed E-state index contributed by atoms with van der Waals surface area (Å²) in [7, 11) is 0. The maximum Gasteiger partial charge on any atom is 0.259 e. The Kier molecular flexibility index (Phi) is 4.07. The van der Waals surface area contributed by atoms with Crippen LogP contribution in [-0.2, 0) is 11.2 Å². The summed E-state index contributed by atoms with van der Waals surface area (Å²) in [6, 6.07) is 9.51. The predicted molar refractivity (Wildman–Crippen MR) is 87.0 cm³/mol. The van der Waals surface area contributed by atoms with Crippen LogP contribution in [0.15, 0.2) is 36.4 Å². The standard InChI is InChI=1S/C16H10Cl2N2O3/c17-12-4-1-8(5-13(12)18)6-14(21)19-9-2-3-10-11(7-9)16(23)20-15(10)22/h1-5,7H,6H2,(H,19,21)(H,20,22,23). The van der Waals surface area contributed by atoms with Crippen LogP contribution in [0.25, 0.3) is 0 Å². The minimum absolute atomic E-state index is 0.110. The summed E-state index contributed by atoms with van der Waals surface area (Å²) in [6.07, 6.45) is 0.110. The van der Waals surface area contributed by atoms with E-state index < -0.39 is 11.8 Å². The van der Waals surface area contributed by atoms with Gasteiger partial charge in [0.05, 0.1) is 27.6 Å². The summed E-state index contributed by atoms with van der Waals surface area (Å²) in [6.45, 7) is 0. The van der Waals surface area contributed by atoms with Gasteiger partial charge < -0.3 is 5.32 Å².